The molecule has 0 heterocycles. The normalized spacial score (nSPS) is 11.0. The Morgan fingerprint density at radius 1 is 1.00 bits per heavy atom. The summed E-state index contributed by atoms with van der Waals surface area (Å²) >= 11 is 0. The summed E-state index contributed by atoms with van der Waals surface area (Å²) in [6.45, 7) is 1.19. The van der Waals surface area contributed by atoms with Crippen LogP contribution in [0.5, 0.6) is 0 Å². The Balaban J connectivity index is 1.82. The Morgan fingerprint density at radius 3 is 2.31 bits per heavy atom. The monoisotopic (exact) mass is 419 g/mol. The van der Waals surface area contributed by atoms with Crippen LogP contribution in [-0.4, -0.2) is 39.8 Å². The Bertz CT molecular complexity index is 998. The Hall–Kier alpha value is -3.04. The minimum atomic E-state index is -3.85. The van der Waals surface area contributed by atoms with Gasteiger partial charge in [-0.25, -0.2) is 17.9 Å². The fourth-order valence-corrected chi connectivity index (χ4v) is 3.42. The third-order valence-corrected chi connectivity index (χ3v) is 5.41. The zero-order chi connectivity index (χ0) is 21.4. The first-order valence-electron chi connectivity index (χ1n) is 8.66. The van der Waals surface area contributed by atoms with Crippen LogP contribution >= 0.6 is 0 Å². The molecule has 0 bridgehead atoms. The number of esters is 2. The van der Waals surface area contributed by atoms with E-state index in [-0.39, 0.29) is 35.8 Å². The largest absolute Gasteiger partial charge is 0.465 e. The lowest BCUT2D eigenvalue weighted by Crippen LogP contribution is -2.27. The highest BCUT2D eigenvalue weighted by Crippen LogP contribution is 2.12. The average molecular weight is 419 g/mol. The molecule has 0 amide bonds. The van der Waals surface area contributed by atoms with Gasteiger partial charge in [-0.05, 0) is 36.8 Å². The van der Waals surface area contributed by atoms with Crippen molar-refractivity contribution >= 4 is 27.7 Å². The number of benzene rings is 2. The molecule has 0 aliphatic rings. The SMILES string of the molecule is COC(=O)c1ccc(COC(=O)CCNS(=O)(=O)c2cccc(C(C)=O)c2)cc1. The maximum atomic E-state index is 12.3. The number of carbonyl (C=O) groups is 3. The molecule has 29 heavy (non-hydrogen) atoms. The van der Waals surface area contributed by atoms with Crippen LogP contribution in [0, 0.1) is 0 Å². The zero-order valence-electron chi connectivity index (χ0n) is 16.0. The Kier molecular flexibility index (Phi) is 7.63. The van der Waals surface area contributed by atoms with Crippen molar-refractivity contribution in [2.45, 2.75) is 24.8 Å². The van der Waals surface area contributed by atoms with Crippen molar-refractivity contribution in [3.05, 3.63) is 65.2 Å². The van der Waals surface area contributed by atoms with E-state index in [1.54, 1.807) is 24.3 Å². The van der Waals surface area contributed by atoms with Crippen LogP contribution in [0.2, 0.25) is 0 Å². The molecular formula is C20H21NO7S. The Morgan fingerprint density at radius 2 is 1.69 bits per heavy atom. The topological polar surface area (TPSA) is 116 Å². The van der Waals surface area contributed by atoms with E-state index in [0.29, 0.717) is 11.1 Å². The molecule has 0 radical (unpaired) electrons. The van der Waals surface area contributed by atoms with Gasteiger partial charge in [0, 0.05) is 12.1 Å². The van der Waals surface area contributed by atoms with E-state index in [0.717, 1.165) is 0 Å². The number of hydrogen-bond donors (Lipinski definition) is 1. The van der Waals surface area contributed by atoms with Crippen molar-refractivity contribution in [1.82, 2.24) is 4.72 Å². The minimum Gasteiger partial charge on any atom is -0.465 e. The van der Waals surface area contributed by atoms with E-state index in [9.17, 15) is 22.8 Å². The number of nitrogens with one attached hydrogen (secondary N) is 1. The number of carbonyl (C=O) groups excluding carboxylic acids is 3. The molecule has 0 unspecified atom stereocenters. The van der Waals surface area contributed by atoms with Gasteiger partial charge in [-0.15, -0.1) is 0 Å². The van der Waals surface area contributed by atoms with Gasteiger partial charge in [-0.3, -0.25) is 9.59 Å². The number of ketones is 1. The van der Waals surface area contributed by atoms with E-state index < -0.39 is 22.0 Å². The van der Waals surface area contributed by atoms with Crippen molar-refractivity contribution in [2.75, 3.05) is 13.7 Å². The predicted molar refractivity (Wildman–Crippen MR) is 104 cm³/mol. The maximum Gasteiger partial charge on any atom is 0.337 e. The molecule has 2 aromatic rings. The van der Waals surface area contributed by atoms with Gasteiger partial charge in [0.1, 0.15) is 6.61 Å². The summed E-state index contributed by atoms with van der Waals surface area (Å²) in [5.41, 5.74) is 1.34. The zero-order valence-corrected chi connectivity index (χ0v) is 16.8. The molecule has 0 aliphatic heterocycles. The van der Waals surface area contributed by atoms with Crippen molar-refractivity contribution < 1.29 is 32.3 Å². The number of hydrogen-bond acceptors (Lipinski definition) is 7. The molecule has 9 heteroatoms. The fraction of sp³-hybridized carbons (Fsp3) is 0.250. The molecule has 8 nitrogen and oxygen atoms in total. The van der Waals surface area contributed by atoms with Gasteiger partial charge in [-0.2, -0.15) is 0 Å². The molecule has 0 aliphatic carbocycles. The van der Waals surface area contributed by atoms with Gasteiger partial charge >= 0.3 is 11.9 Å². The standard InChI is InChI=1S/C20H21NO7S/c1-14(22)17-4-3-5-18(12-17)29(25,26)21-11-10-19(23)28-13-15-6-8-16(9-7-15)20(24)27-2/h3-9,12,21H,10-11,13H2,1-2H3. The second-order valence-electron chi connectivity index (χ2n) is 6.08. The van der Waals surface area contributed by atoms with E-state index in [4.69, 9.17) is 4.74 Å². The van der Waals surface area contributed by atoms with Gasteiger partial charge in [0.25, 0.3) is 0 Å². The molecule has 2 rings (SSSR count). The average Bonchev–Trinajstić information content (AvgIpc) is 2.72. The lowest BCUT2D eigenvalue weighted by molar-refractivity contribution is -0.144. The molecule has 0 fully saturated rings. The van der Waals surface area contributed by atoms with Crippen molar-refractivity contribution in [3.63, 3.8) is 0 Å². The number of methoxy groups -OCH3 is 1. The molecular weight excluding hydrogens is 398 g/mol. The summed E-state index contributed by atoms with van der Waals surface area (Å²) in [4.78, 5) is 34.5. The molecule has 154 valence electrons. The fourth-order valence-electron chi connectivity index (χ4n) is 2.34. The van der Waals surface area contributed by atoms with Crippen molar-refractivity contribution in [2.24, 2.45) is 0 Å². The first kappa shape index (κ1) is 22.3. The smallest absolute Gasteiger partial charge is 0.337 e. The van der Waals surface area contributed by atoms with Crippen LogP contribution in [0.15, 0.2) is 53.4 Å². The number of ether oxygens (including phenoxy) is 2. The second kappa shape index (κ2) is 9.94. The highest BCUT2D eigenvalue weighted by molar-refractivity contribution is 7.89. The van der Waals surface area contributed by atoms with Crippen LogP contribution in [0.3, 0.4) is 0 Å². The van der Waals surface area contributed by atoms with E-state index in [1.807, 2.05) is 0 Å². The number of rotatable bonds is 9. The third kappa shape index (κ3) is 6.51. The van der Waals surface area contributed by atoms with Crippen LogP contribution in [0.25, 0.3) is 0 Å². The number of Topliss-reactive ketones (excluding diaryl/α,β-unsaturated/α-hetero) is 1. The van der Waals surface area contributed by atoms with E-state index in [1.165, 1.54) is 38.3 Å². The van der Waals surface area contributed by atoms with Gasteiger partial charge in [0.05, 0.1) is 24.0 Å². The molecule has 0 aromatic heterocycles. The highest BCUT2D eigenvalue weighted by atomic mass is 32.2. The first-order valence-corrected chi connectivity index (χ1v) is 10.1. The van der Waals surface area contributed by atoms with Gasteiger partial charge in [-0.1, -0.05) is 24.3 Å². The molecule has 0 spiro atoms. The third-order valence-electron chi connectivity index (χ3n) is 3.95. The summed E-state index contributed by atoms with van der Waals surface area (Å²) < 4.78 is 36.5. The molecule has 1 N–H and O–H groups in total. The van der Waals surface area contributed by atoms with Crippen LogP contribution in [0.4, 0.5) is 0 Å². The quantitative estimate of drug-likeness (QED) is 0.489. The first-order chi connectivity index (χ1) is 13.7. The molecule has 0 saturated heterocycles. The van der Waals surface area contributed by atoms with Crippen molar-refractivity contribution in [3.8, 4) is 0 Å². The van der Waals surface area contributed by atoms with Crippen LogP contribution in [0.1, 0.15) is 39.6 Å². The molecule has 0 atom stereocenters. The summed E-state index contributed by atoms with van der Waals surface area (Å²) in [7, 11) is -2.56. The van der Waals surface area contributed by atoms with Gasteiger partial charge in [0.15, 0.2) is 5.78 Å². The summed E-state index contributed by atoms with van der Waals surface area (Å²) in [6, 6.07) is 12.0. The molecule has 2 aromatic carbocycles. The van der Waals surface area contributed by atoms with E-state index >= 15 is 0 Å². The Labute approximate surface area is 168 Å². The summed E-state index contributed by atoms with van der Waals surface area (Å²) in [5, 5.41) is 0. The maximum absolute atomic E-state index is 12.3. The van der Waals surface area contributed by atoms with Crippen LogP contribution in [-0.2, 0) is 30.9 Å². The predicted octanol–water partition coefficient (Wildman–Crippen LogP) is 2.09. The highest BCUT2D eigenvalue weighted by Gasteiger charge is 2.16. The van der Waals surface area contributed by atoms with Crippen molar-refractivity contribution in [1.29, 1.82) is 0 Å². The lowest BCUT2D eigenvalue weighted by Gasteiger charge is -2.08. The van der Waals surface area contributed by atoms with E-state index in [2.05, 4.69) is 9.46 Å². The van der Waals surface area contributed by atoms with Gasteiger partial charge in [0.2, 0.25) is 10.0 Å². The molecule has 0 saturated carbocycles. The summed E-state index contributed by atoms with van der Waals surface area (Å²) in [5.74, 6) is -1.29. The van der Waals surface area contributed by atoms with Gasteiger partial charge < -0.3 is 9.47 Å². The second-order valence-corrected chi connectivity index (χ2v) is 7.85. The lowest BCUT2D eigenvalue weighted by atomic mass is 10.1. The summed E-state index contributed by atoms with van der Waals surface area (Å²) in [6.07, 6.45) is -0.161. The number of sulfonamides is 1. The minimum absolute atomic E-state index is 0.00626. The van der Waals surface area contributed by atoms with Crippen LogP contribution < -0.4 is 4.72 Å².